The van der Waals surface area contributed by atoms with Gasteiger partial charge in [0.1, 0.15) is 0 Å². The van der Waals surface area contributed by atoms with Crippen LogP contribution < -0.4 is 25.4 Å². The van der Waals surface area contributed by atoms with Gasteiger partial charge in [-0.25, -0.2) is 0 Å². The first-order valence-electron chi connectivity index (χ1n) is 9.39. The van der Waals surface area contributed by atoms with Gasteiger partial charge >= 0.3 is 0 Å². The van der Waals surface area contributed by atoms with Crippen molar-refractivity contribution in [2.24, 2.45) is 0 Å². The zero-order valence-corrected chi connectivity index (χ0v) is 17.8. The van der Waals surface area contributed by atoms with Gasteiger partial charge in [-0.1, -0.05) is 12.1 Å². The minimum atomic E-state index is -0.415. The number of methoxy groups -OCH3 is 1. The topological polar surface area (TPSA) is 106 Å². The number of carbonyl (C=O) groups excluding carboxylic acids is 3. The lowest BCUT2D eigenvalue weighted by Gasteiger charge is -2.21. The second-order valence-electron chi connectivity index (χ2n) is 7.53. The first kappa shape index (κ1) is 22.7. The van der Waals surface area contributed by atoms with Crippen LogP contribution in [0.15, 0.2) is 42.5 Å². The van der Waals surface area contributed by atoms with Crippen molar-refractivity contribution in [1.29, 1.82) is 0 Å². The molecule has 0 atom stereocenters. The van der Waals surface area contributed by atoms with Gasteiger partial charge in [-0.05, 0) is 51.1 Å². The Bertz CT molecular complexity index is 935. The molecule has 0 heterocycles. The number of rotatable bonds is 7. The highest BCUT2D eigenvalue weighted by atomic mass is 16.5. The summed E-state index contributed by atoms with van der Waals surface area (Å²) in [7, 11) is 2.95. The Morgan fingerprint density at radius 1 is 0.967 bits per heavy atom. The lowest BCUT2D eigenvalue weighted by molar-refractivity contribution is -0.122. The van der Waals surface area contributed by atoms with Crippen LogP contribution in [0.1, 0.15) is 41.5 Å². The molecule has 0 fully saturated rings. The molecule has 8 heteroatoms. The number of amides is 3. The highest BCUT2D eigenvalue weighted by Gasteiger charge is 2.19. The van der Waals surface area contributed by atoms with Gasteiger partial charge in [0, 0.05) is 18.2 Å². The molecule has 8 nitrogen and oxygen atoms in total. The third-order valence-electron chi connectivity index (χ3n) is 3.97. The molecule has 0 unspecified atom stereocenters. The van der Waals surface area contributed by atoms with E-state index in [1.807, 2.05) is 20.8 Å². The van der Waals surface area contributed by atoms with Crippen molar-refractivity contribution < 1.29 is 23.9 Å². The van der Waals surface area contributed by atoms with E-state index in [1.165, 1.54) is 20.2 Å². The summed E-state index contributed by atoms with van der Waals surface area (Å²) in [5, 5.41) is 8.10. The fourth-order valence-corrected chi connectivity index (χ4v) is 2.54. The summed E-state index contributed by atoms with van der Waals surface area (Å²) in [6, 6.07) is 11.4. The molecule has 0 spiro atoms. The van der Waals surface area contributed by atoms with Gasteiger partial charge in [0.25, 0.3) is 17.7 Å². The van der Waals surface area contributed by atoms with E-state index in [9.17, 15) is 14.4 Å². The zero-order chi connectivity index (χ0) is 22.3. The normalized spacial score (nSPS) is 10.7. The summed E-state index contributed by atoms with van der Waals surface area (Å²) in [4.78, 5) is 36.7. The molecule has 3 amide bonds. The fourth-order valence-electron chi connectivity index (χ4n) is 2.54. The van der Waals surface area contributed by atoms with Gasteiger partial charge in [-0.2, -0.15) is 0 Å². The third kappa shape index (κ3) is 6.23. The van der Waals surface area contributed by atoms with Crippen molar-refractivity contribution in [2.75, 3.05) is 26.1 Å². The Labute approximate surface area is 175 Å². The van der Waals surface area contributed by atoms with E-state index in [0.717, 1.165) is 0 Å². The quantitative estimate of drug-likeness (QED) is 0.647. The first-order valence-corrected chi connectivity index (χ1v) is 9.39. The molecule has 0 aliphatic carbocycles. The summed E-state index contributed by atoms with van der Waals surface area (Å²) in [5.74, 6) is -0.340. The number of benzene rings is 2. The van der Waals surface area contributed by atoms with E-state index in [0.29, 0.717) is 28.3 Å². The van der Waals surface area contributed by atoms with Crippen LogP contribution in [0.4, 0.5) is 5.69 Å². The molecule has 0 aliphatic rings. The minimum Gasteiger partial charge on any atom is -0.493 e. The molecule has 160 valence electrons. The molecule has 0 aromatic heterocycles. The predicted octanol–water partition coefficient (Wildman–Crippen LogP) is 2.60. The average Bonchev–Trinajstić information content (AvgIpc) is 2.70. The number of likely N-dealkylation sites (N-methyl/N-ethyl adjacent to an activating group) is 1. The van der Waals surface area contributed by atoms with Crippen molar-refractivity contribution in [3.63, 3.8) is 0 Å². The molecule has 3 N–H and O–H groups in total. The third-order valence-corrected chi connectivity index (χ3v) is 3.97. The zero-order valence-electron chi connectivity index (χ0n) is 17.8. The van der Waals surface area contributed by atoms with Crippen LogP contribution in [-0.2, 0) is 4.79 Å². The number of ether oxygens (including phenoxy) is 2. The summed E-state index contributed by atoms with van der Waals surface area (Å²) < 4.78 is 10.7. The summed E-state index contributed by atoms with van der Waals surface area (Å²) in [6.07, 6.45) is 0. The van der Waals surface area contributed by atoms with Crippen molar-refractivity contribution in [3.05, 3.63) is 53.6 Å². The van der Waals surface area contributed by atoms with Crippen molar-refractivity contribution in [2.45, 2.75) is 26.3 Å². The van der Waals surface area contributed by atoms with Gasteiger partial charge in [0.15, 0.2) is 18.1 Å². The second-order valence-corrected chi connectivity index (χ2v) is 7.53. The molecule has 0 saturated carbocycles. The Balaban J connectivity index is 2.20. The van der Waals surface area contributed by atoms with Crippen LogP contribution in [0.3, 0.4) is 0 Å². The van der Waals surface area contributed by atoms with Gasteiger partial charge in [0.05, 0.1) is 18.4 Å². The predicted molar refractivity (Wildman–Crippen MR) is 114 cm³/mol. The van der Waals surface area contributed by atoms with E-state index in [-0.39, 0.29) is 18.4 Å². The highest BCUT2D eigenvalue weighted by molar-refractivity contribution is 6.09. The molecular formula is C22H27N3O5. The molecule has 30 heavy (non-hydrogen) atoms. The van der Waals surface area contributed by atoms with Crippen molar-refractivity contribution in [1.82, 2.24) is 10.6 Å². The number of nitrogens with one attached hydrogen (secondary N) is 3. The average molecular weight is 413 g/mol. The van der Waals surface area contributed by atoms with E-state index < -0.39 is 11.4 Å². The number of hydrogen-bond donors (Lipinski definition) is 3. The number of anilines is 1. The molecule has 2 aromatic carbocycles. The van der Waals surface area contributed by atoms with Crippen molar-refractivity contribution in [3.8, 4) is 11.5 Å². The van der Waals surface area contributed by atoms with Gasteiger partial charge < -0.3 is 25.4 Å². The van der Waals surface area contributed by atoms with Crippen LogP contribution in [0.2, 0.25) is 0 Å². The number of carbonyl (C=O) groups is 3. The first-order chi connectivity index (χ1) is 14.1. The van der Waals surface area contributed by atoms with Gasteiger partial charge in [-0.15, -0.1) is 0 Å². The number of para-hydroxylation sites is 1. The van der Waals surface area contributed by atoms with E-state index in [2.05, 4.69) is 16.0 Å². The standard InChI is InChI=1S/C22H27N3O5/c1-22(2,3)25-21(28)15-8-6-7-9-16(15)24-20(27)14-10-11-17(18(12-14)29-5)30-13-19(26)23-4/h6-12H,13H2,1-5H3,(H,23,26)(H,24,27)(H,25,28). The van der Waals surface area contributed by atoms with E-state index in [4.69, 9.17) is 9.47 Å². The minimum absolute atomic E-state index is 0.172. The number of hydrogen-bond acceptors (Lipinski definition) is 5. The fraction of sp³-hybridized carbons (Fsp3) is 0.318. The Kier molecular flexibility index (Phi) is 7.41. The summed E-state index contributed by atoms with van der Waals surface area (Å²) in [5.41, 5.74) is 0.651. The summed E-state index contributed by atoms with van der Waals surface area (Å²) >= 11 is 0. The Hall–Kier alpha value is -3.55. The molecular weight excluding hydrogens is 386 g/mol. The van der Waals surface area contributed by atoms with Gasteiger partial charge in [0.2, 0.25) is 0 Å². The Morgan fingerprint density at radius 3 is 2.30 bits per heavy atom. The van der Waals surface area contributed by atoms with Crippen LogP contribution >= 0.6 is 0 Å². The maximum absolute atomic E-state index is 12.8. The lowest BCUT2D eigenvalue weighted by atomic mass is 10.1. The maximum atomic E-state index is 12.8. The molecule has 0 aliphatic heterocycles. The molecule has 0 radical (unpaired) electrons. The van der Waals surface area contributed by atoms with E-state index in [1.54, 1.807) is 36.4 Å². The molecule has 2 aromatic rings. The Morgan fingerprint density at radius 2 is 1.67 bits per heavy atom. The largest absolute Gasteiger partial charge is 0.493 e. The monoisotopic (exact) mass is 413 g/mol. The van der Waals surface area contributed by atoms with Crippen LogP contribution in [0, 0.1) is 0 Å². The second kappa shape index (κ2) is 9.78. The molecule has 0 saturated heterocycles. The lowest BCUT2D eigenvalue weighted by Crippen LogP contribution is -2.40. The maximum Gasteiger partial charge on any atom is 0.257 e. The van der Waals surface area contributed by atoms with Crippen LogP contribution in [-0.4, -0.2) is 44.0 Å². The molecule has 0 bridgehead atoms. The van der Waals surface area contributed by atoms with Gasteiger partial charge in [-0.3, -0.25) is 14.4 Å². The van der Waals surface area contributed by atoms with Crippen molar-refractivity contribution >= 4 is 23.4 Å². The highest BCUT2D eigenvalue weighted by Crippen LogP contribution is 2.28. The summed E-state index contributed by atoms with van der Waals surface area (Å²) in [6.45, 7) is 5.47. The SMILES string of the molecule is CNC(=O)COc1ccc(C(=O)Nc2ccccc2C(=O)NC(C)(C)C)cc1OC. The molecule has 2 rings (SSSR count). The van der Waals surface area contributed by atoms with E-state index >= 15 is 0 Å². The smallest absolute Gasteiger partial charge is 0.257 e. The van der Waals surface area contributed by atoms with Crippen LogP contribution in [0.25, 0.3) is 0 Å². The van der Waals surface area contributed by atoms with Crippen LogP contribution in [0.5, 0.6) is 11.5 Å².